The van der Waals surface area contributed by atoms with E-state index in [1.165, 1.54) is 11.1 Å². The van der Waals surface area contributed by atoms with E-state index in [1.54, 1.807) is 6.07 Å². The molecule has 2 heterocycles. The van der Waals surface area contributed by atoms with Crippen molar-refractivity contribution in [3.05, 3.63) is 26.9 Å². The number of halogens is 2. The van der Waals surface area contributed by atoms with E-state index in [0.29, 0.717) is 17.4 Å². The van der Waals surface area contributed by atoms with E-state index in [1.807, 2.05) is 0 Å². The lowest BCUT2D eigenvalue weighted by Crippen LogP contribution is -2.48. The highest BCUT2D eigenvalue weighted by atomic mass is 79.9. The number of amides is 1. The summed E-state index contributed by atoms with van der Waals surface area (Å²) in [6, 6.07) is 0.971. The van der Waals surface area contributed by atoms with Crippen molar-refractivity contribution in [2.24, 2.45) is 0 Å². The Hall–Kier alpha value is -0.950. The van der Waals surface area contributed by atoms with E-state index in [4.69, 9.17) is 0 Å². The smallest absolute Gasteiger partial charge is 0.326 e. The van der Waals surface area contributed by atoms with Crippen molar-refractivity contribution in [3.8, 4) is 0 Å². The first-order valence-electron chi connectivity index (χ1n) is 5.85. The van der Waals surface area contributed by atoms with Gasteiger partial charge in [-0.15, -0.1) is 0 Å². The fourth-order valence-corrected chi connectivity index (χ4v) is 3.30. The summed E-state index contributed by atoms with van der Waals surface area (Å²) >= 11 is 6.55. The number of pyridine rings is 1. The van der Waals surface area contributed by atoms with E-state index < -0.39 is 12.0 Å². The van der Waals surface area contributed by atoms with Gasteiger partial charge in [0.2, 0.25) is 0 Å². The Bertz CT molecular complexity index is 522. The number of nitrogens with zero attached hydrogens (tertiary/aromatic N) is 2. The van der Waals surface area contributed by atoms with Crippen molar-refractivity contribution in [3.63, 3.8) is 0 Å². The number of likely N-dealkylation sites (tertiary alicyclic amines) is 1. The number of carbonyl (C=O) groups is 2. The van der Waals surface area contributed by atoms with Crippen LogP contribution in [0, 0.1) is 0 Å². The number of hydrogen-bond acceptors (Lipinski definition) is 3. The van der Waals surface area contributed by atoms with Crippen LogP contribution in [0.4, 0.5) is 0 Å². The molecular formula is C12H12Br2N2O3. The van der Waals surface area contributed by atoms with Crippen LogP contribution in [0.2, 0.25) is 0 Å². The van der Waals surface area contributed by atoms with Crippen LogP contribution in [0.5, 0.6) is 0 Å². The minimum atomic E-state index is -0.957. The summed E-state index contributed by atoms with van der Waals surface area (Å²) < 4.78 is 1.31. The Labute approximate surface area is 127 Å². The van der Waals surface area contributed by atoms with Gasteiger partial charge in [-0.25, -0.2) is 9.78 Å². The van der Waals surface area contributed by atoms with Gasteiger partial charge in [0.05, 0.1) is 4.47 Å². The van der Waals surface area contributed by atoms with Crippen LogP contribution in [-0.4, -0.2) is 39.5 Å². The lowest BCUT2D eigenvalue weighted by Gasteiger charge is -2.32. The van der Waals surface area contributed by atoms with E-state index in [9.17, 15) is 14.7 Å². The molecule has 0 radical (unpaired) electrons. The number of aromatic nitrogens is 1. The standard InChI is InChI=1S/C12H12Br2N2O3/c13-7-5-8(14)10(15-6-7)11(17)16-4-2-1-3-9(16)12(18)19/h5-6,9H,1-4H2,(H,18,19). The van der Waals surface area contributed by atoms with Gasteiger partial charge >= 0.3 is 5.97 Å². The number of rotatable bonds is 2. The summed E-state index contributed by atoms with van der Waals surface area (Å²) in [5.74, 6) is -1.30. The van der Waals surface area contributed by atoms with Crippen LogP contribution < -0.4 is 0 Å². The second-order valence-corrected chi connectivity index (χ2v) is 6.10. The molecule has 1 aliphatic heterocycles. The van der Waals surface area contributed by atoms with Crippen LogP contribution in [0.3, 0.4) is 0 Å². The maximum absolute atomic E-state index is 12.4. The maximum Gasteiger partial charge on any atom is 0.326 e. The fraction of sp³-hybridized carbons (Fsp3) is 0.417. The lowest BCUT2D eigenvalue weighted by atomic mass is 10.0. The van der Waals surface area contributed by atoms with Crippen LogP contribution in [0.15, 0.2) is 21.2 Å². The molecule has 0 aliphatic carbocycles. The average molecular weight is 392 g/mol. The van der Waals surface area contributed by atoms with Crippen molar-refractivity contribution in [1.82, 2.24) is 9.88 Å². The second-order valence-electron chi connectivity index (χ2n) is 4.33. The van der Waals surface area contributed by atoms with E-state index in [2.05, 4.69) is 36.8 Å². The molecule has 19 heavy (non-hydrogen) atoms. The van der Waals surface area contributed by atoms with Crippen LogP contribution >= 0.6 is 31.9 Å². The van der Waals surface area contributed by atoms with Gasteiger partial charge in [-0.05, 0) is 57.2 Å². The SMILES string of the molecule is O=C(O)C1CCCCN1C(=O)c1ncc(Br)cc1Br. The highest BCUT2D eigenvalue weighted by molar-refractivity contribution is 9.11. The zero-order valence-corrected chi connectivity index (χ0v) is 13.1. The minimum absolute atomic E-state index is 0.247. The van der Waals surface area contributed by atoms with Gasteiger partial charge in [0.1, 0.15) is 11.7 Å². The number of carbonyl (C=O) groups excluding carboxylic acids is 1. The van der Waals surface area contributed by atoms with E-state index >= 15 is 0 Å². The first-order chi connectivity index (χ1) is 9.00. The molecule has 0 saturated carbocycles. The highest BCUT2D eigenvalue weighted by Gasteiger charge is 2.33. The molecule has 5 nitrogen and oxygen atoms in total. The highest BCUT2D eigenvalue weighted by Crippen LogP contribution is 2.24. The Kier molecular flexibility index (Phi) is 4.57. The largest absolute Gasteiger partial charge is 0.480 e. The summed E-state index contributed by atoms with van der Waals surface area (Å²) in [7, 11) is 0. The topological polar surface area (TPSA) is 70.5 Å². The summed E-state index contributed by atoms with van der Waals surface area (Å²) in [6.07, 6.45) is 3.67. The number of carboxylic acid groups (broad SMARTS) is 1. The molecule has 102 valence electrons. The third kappa shape index (κ3) is 3.14. The first kappa shape index (κ1) is 14.5. The molecule has 0 bridgehead atoms. The molecule has 1 amide bonds. The number of piperidine rings is 1. The molecule has 1 unspecified atom stereocenters. The molecular weight excluding hydrogens is 380 g/mol. The van der Waals surface area contributed by atoms with Crippen LogP contribution in [0.25, 0.3) is 0 Å². The van der Waals surface area contributed by atoms with Gasteiger partial charge in [0.15, 0.2) is 0 Å². The summed E-state index contributed by atoms with van der Waals surface area (Å²) in [5.41, 5.74) is 0.247. The predicted octanol–water partition coefficient (Wildman–Crippen LogP) is 2.69. The second kappa shape index (κ2) is 6.00. The zero-order chi connectivity index (χ0) is 14.0. The molecule has 1 aromatic heterocycles. The lowest BCUT2D eigenvalue weighted by molar-refractivity contribution is -0.143. The molecule has 1 atom stereocenters. The van der Waals surface area contributed by atoms with Crippen molar-refractivity contribution >= 4 is 43.7 Å². The molecule has 1 aliphatic rings. The van der Waals surface area contributed by atoms with Crippen LogP contribution in [0.1, 0.15) is 29.8 Å². The minimum Gasteiger partial charge on any atom is -0.480 e. The predicted molar refractivity (Wildman–Crippen MR) is 75.9 cm³/mol. The molecule has 1 aromatic rings. The molecule has 0 spiro atoms. The number of carboxylic acids is 1. The molecule has 1 saturated heterocycles. The normalized spacial score (nSPS) is 19.3. The maximum atomic E-state index is 12.4. The number of hydrogen-bond donors (Lipinski definition) is 1. The van der Waals surface area contributed by atoms with Gasteiger partial charge in [0, 0.05) is 17.2 Å². The van der Waals surface area contributed by atoms with Crippen molar-refractivity contribution < 1.29 is 14.7 Å². The summed E-state index contributed by atoms with van der Waals surface area (Å²) in [6.45, 7) is 0.458. The third-order valence-electron chi connectivity index (χ3n) is 3.06. The van der Waals surface area contributed by atoms with E-state index in [-0.39, 0.29) is 11.6 Å². The third-order valence-corrected chi connectivity index (χ3v) is 4.10. The van der Waals surface area contributed by atoms with Gasteiger partial charge in [-0.1, -0.05) is 0 Å². The first-order valence-corrected chi connectivity index (χ1v) is 7.44. The Morgan fingerprint density at radius 1 is 1.37 bits per heavy atom. The zero-order valence-electron chi connectivity index (χ0n) is 9.97. The quantitative estimate of drug-likeness (QED) is 0.841. The van der Waals surface area contributed by atoms with Gasteiger partial charge in [0.25, 0.3) is 5.91 Å². The molecule has 1 fully saturated rings. The fourth-order valence-electron chi connectivity index (χ4n) is 2.14. The summed E-state index contributed by atoms with van der Waals surface area (Å²) in [4.78, 5) is 29.1. The Balaban J connectivity index is 2.28. The number of aliphatic carboxylic acids is 1. The molecule has 7 heteroatoms. The van der Waals surface area contributed by atoms with Gasteiger partial charge in [-0.2, -0.15) is 0 Å². The van der Waals surface area contributed by atoms with Crippen LogP contribution in [-0.2, 0) is 4.79 Å². The summed E-state index contributed by atoms with van der Waals surface area (Å²) in [5, 5.41) is 9.18. The van der Waals surface area contributed by atoms with E-state index in [0.717, 1.165) is 17.3 Å². The molecule has 2 rings (SSSR count). The van der Waals surface area contributed by atoms with Crippen molar-refractivity contribution in [2.45, 2.75) is 25.3 Å². The van der Waals surface area contributed by atoms with Crippen molar-refractivity contribution in [2.75, 3.05) is 6.54 Å². The van der Waals surface area contributed by atoms with Crippen molar-refractivity contribution in [1.29, 1.82) is 0 Å². The van der Waals surface area contributed by atoms with Gasteiger partial charge in [-0.3, -0.25) is 4.79 Å². The molecule has 0 aromatic carbocycles. The average Bonchev–Trinajstić information content (AvgIpc) is 2.38. The molecule has 1 N–H and O–H groups in total. The Morgan fingerprint density at radius 3 is 2.74 bits per heavy atom. The monoisotopic (exact) mass is 390 g/mol. The van der Waals surface area contributed by atoms with Gasteiger partial charge < -0.3 is 10.0 Å². The Morgan fingerprint density at radius 2 is 2.11 bits per heavy atom.